The third-order valence-corrected chi connectivity index (χ3v) is 3.59. The van der Waals surface area contributed by atoms with Crippen LogP contribution in [-0.2, 0) is 10.2 Å². The van der Waals surface area contributed by atoms with Gasteiger partial charge in [0.15, 0.2) is 0 Å². The molecule has 1 aromatic rings. The van der Waals surface area contributed by atoms with E-state index in [1.807, 2.05) is 30.3 Å². The first kappa shape index (κ1) is 10.2. The minimum atomic E-state index is -0.668. The highest BCUT2D eigenvalue weighted by Crippen LogP contribution is 2.49. The van der Waals surface area contributed by atoms with Crippen molar-refractivity contribution in [3.63, 3.8) is 0 Å². The molecule has 0 spiro atoms. The summed E-state index contributed by atoms with van der Waals surface area (Å²) in [5, 5.41) is 9.35. The lowest BCUT2D eigenvalue weighted by Gasteiger charge is -2.44. The molecule has 2 heteroatoms. The minimum Gasteiger partial charge on any atom is -0.481 e. The van der Waals surface area contributed by atoms with Crippen LogP contribution in [0.1, 0.15) is 31.7 Å². The summed E-state index contributed by atoms with van der Waals surface area (Å²) in [6, 6.07) is 9.62. The summed E-state index contributed by atoms with van der Waals surface area (Å²) in [6.45, 7) is 2.13. The van der Waals surface area contributed by atoms with E-state index in [0.29, 0.717) is 5.92 Å². The molecule has 0 aliphatic heterocycles. The van der Waals surface area contributed by atoms with Gasteiger partial charge in [-0.15, -0.1) is 0 Å². The first-order valence-electron chi connectivity index (χ1n) is 5.48. The van der Waals surface area contributed by atoms with Crippen LogP contribution in [0.15, 0.2) is 30.3 Å². The Hall–Kier alpha value is -1.31. The molecule has 2 rings (SSSR count). The summed E-state index contributed by atoms with van der Waals surface area (Å²) in [4.78, 5) is 11.4. The zero-order valence-corrected chi connectivity index (χ0v) is 8.94. The van der Waals surface area contributed by atoms with E-state index in [9.17, 15) is 9.90 Å². The maximum Gasteiger partial charge on any atom is 0.314 e. The summed E-state index contributed by atoms with van der Waals surface area (Å²) >= 11 is 0. The maximum absolute atomic E-state index is 11.4. The topological polar surface area (TPSA) is 37.3 Å². The molecule has 80 valence electrons. The number of carbonyl (C=O) groups is 1. The van der Waals surface area contributed by atoms with E-state index in [4.69, 9.17) is 0 Å². The summed E-state index contributed by atoms with van der Waals surface area (Å²) in [6.07, 6.45) is 2.67. The van der Waals surface area contributed by atoms with Gasteiger partial charge in [-0.25, -0.2) is 0 Å². The van der Waals surface area contributed by atoms with Gasteiger partial charge >= 0.3 is 5.97 Å². The SMILES string of the molecule is CCC1CC(C(=O)O)(c2ccccc2)C1. The third-order valence-electron chi connectivity index (χ3n) is 3.59. The van der Waals surface area contributed by atoms with Crippen LogP contribution in [0, 0.1) is 5.92 Å². The van der Waals surface area contributed by atoms with Gasteiger partial charge in [-0.3, -0.25) is 4.79 Å². The van der Waals surface area contributed by atoms with E-state index in [1.165, 1.54) is 0 Å². The molecule has 0 unspecified atom stereocenters. The van der Waals surface area contributed by atoms with Crippen molar-refractivity contribution in [2.75, 3.05) is 0 Å². The fraction of sp³-hybridized carbons (Fsp3) is 0.462. The molecule has 15 heavy (non-hydrogen) atoms. The smallest absolute Gasteiger partial charge is 0.314 e. The lowest BCUT2D eigenvalue weighted by molar-refractivity contribution is -0.149. The van der Waals surface area contributed by atoms with Crippen LogP contribution in [0.2, 0.25) is 0 Å². The molecule has 0 amide bonds. The highest BCUT2D eigenvalue weighted by molar-refractivity contribution is 5.82. The van der Waals surface area contributed by atoms with Gasteiger partial charge in [0.05, 0.1) is 5.41 Å². The molecular weight excluding hydrogens is 188 g/mol. The first-order valence-corrected chi connectivity index (χ1v) is 5.48. The normalized spacial score (nSPS) is 29.5. The molecule has 0 bridgehead atoms. The highest BCUT2D eigenvalue weighted by atomic mass is 16.4. The number of carboxylic acid groups (broad SMARTS) is 1. The van der Waals surface area contributed by atoms with Crippen molar-refractivity contribution in [3.05, 3.63) is 35.9 Å². The molecule has 1 N–H and O–H groups in total. The molecule has 1 aliphatic rings. The summed E-state index contributed by atoms with van der Waals surface area (Å²) in [7, 11) is 0. The number of hydrogen-bond acceptors (Lipinski definition) is 1. The molecule has 0 aromatic heterocycles. The predicted octanol–water partition coefficient (Wildman–Crippen LogP) is 2.83. The van der Waals surface area contributed by atoms with E-state index in [2.05, 4.69) is 6.92 Å². The van der Waals surface area contributed by atoms with Gasteiger partial charge in [0, 0.05) is 0 Å². The van der Waals surface area contributed by atoms with E-state index < -0.39 is 11.4 Å². The molecule has 0 saturated heterocycles. The number of hydrogen-bond donors (Lipinski definition) is 1. The van der Waals surface area contributed by atoms with Gasteiger partial charge in [-0.2, -0.15) is 0 Å². The molecule has 0 atom stereocenters. The molecule has 1 saturated carbocycles. The Morgan fingerprint density at radius 1 is 1.40 bits per heavy atom. The van der Waals surface area contributed by atoms with Gasteiger partial charge in [0.1, 0.15) is 0 Å². The Morgan fingerprint density at radius 3 is 2.47 bits per heavy atom. The van der Waals surface area contributed by atoms with Crippen molar-refractivity contribution in [1.82, 2.24) is 0 Å². The minimum absolute atomic E-state index is 0.585. The van der Waals surface area contributed by atoms with Crippen molar-refractivity contribution in [1.29, 1.82) is 0 Å². The van der Waals surface area contributed by atoms with Crippen molar-refractivity contribution in [3.8, 4) is 0 Å². The number of carboxylic acids is 1. The van der Waals surface area contributed by atoms with E-state index in [0.717, 1.165) is 24.8 Å². The van der Waals surface area contributed by atoms with Crippen molar-refractivity contribution >= 4 is 5.97 Å². The van der Waals surface area contributed by atoms with Gasteiger partial charge in [-0.05, 0) is 24.3 Å². The molecule has 1 aliphatic carbocycles. The van der Waals surface area contributed by atoms with Crippen LogP contribution in [0.5, 0.6) is 0 Å². The highest BCUT2D eigenvalue weighted by Gasteiger charge is 2.50. The predicted molar refractivity (Wildman–Crippen MR) is 58.8 cm³/mol. The average molecular weight is 204 g/mol. The average Bonchev–Trinajstić information content (AvgIpc) is 2.18. The molecule has 1 aromatic carbocycles. The zero-order chi connectivity index (χ0) is 10.9. The Kier molecular flexibility index (Phi) is 2.51. The molecule has 1 fully saturated rings. The van der Waals surface area contributed by atoms with Gasteiger partial charge in [0.2, 0.25) is 0 Å². The van der Waals surface area contributed by atoms with E-state index >= 15 is 0 Å². The molecule has 2 nitrogen and oxygen atoms in total. The number of benzene rings is 1. The number of rotatable bonds is 3. The third kappa shape index (κ3) is 1.54. The monoisotopic (exact) mass is 204 g/mol. The second-order valence-corrected chi connectivity index (χ2v) is 4.44. The van der Waals surface area contributed by atoms with Crippen LogP contribution in [-0.4, -0.2) is 11.1 Å². The van der Waals surface area contributed by atoms with E-state index in [1.54, 1.807) is 0 Å². The largest absolute Gasteiger partial charge is 0.481 e. The molecule has 0 heterocycles. The summed E-state index contributed by atoms with van der Waals surface area (Å²) < 4.78 is 0. The fourth-order valence-corrected chi connectivity index (χ4v) is 2.51. The number of aliphatic carboxylic acids is 1. The van der Waals surface area contributed by atoms with Crippen LogP contribution in [0.3, 0.4) is 0 Å². The van der Waals surface area contributed by atoms with Crippen LogP contribution >= 0.6 is 0 Å². The molecule has 0 radical (unpaired) electrons. The van der Waals surface area contributed by atoms with Crippen LogP contribution < -0.4 is 0 Å². The Bertz CT molecular complexity index is 350. The van der Waals surface area contributed by atoms with Crippen molar-refractivity contribution < 1.29 is 9.90 Å². The van der Waals surface area contributed by atoms with Crippen LogP contribution in [0.25, 0.3) is 0 Å². The maximum atomic E-state index is 11.4. The van der Waals surface area contributed by atoms with Crippen molar-refractivity contribution in [2.45, 2.75) is 31.6 Å². The lowest BCUT2D eigenvalue weighted by Crippen LogP contribution is -2.47. The van der Waals surface area contributed by atoms with Crippen LogP contribution in [0.4, 0.5) is 0 Å². The lowest BCUT2D eigenvalue weighted by atomic mass is 9.58. The van der Waals surface area contributed by atoms with Crippen molar-refractivity contribution in [2.24, 2.45) is 5.92 Å². The van der Waals surface area contributed by atoms with E-state index in [-0.39, 0.29) is 0 Å². The second-order valence-electron chi connectivity index (χ2n) is 4.44. The Morgan fingerprint density at radius 2 is 2.00 bits per heavy atom. The van der Waals surface area contributed by atoms with Gasteiger partial charge in [0.25, 0.3) is 0 Å². The zero-order valence-electron chi connectivity index (χ0n) is 8.94. The Balaban J connectivity index is 2.27. The summed E-state index contributed by atoms with van der Waals surface area (Å²) in [5.74, 6) is -0.0836. The quantitative estimate of drug-likeness (QED) is 0.822. The van der Waals surface area contributed by atoms with Gasteiger partial charge in [-0.1, -0.05) is 43.7 Å². The first-order chi connectivity index (χ1) is 7.19. The Labute approximate surface area is 89.9 Å². The standard InChI is InChI=1S/C13H16O2/c1-2-10-8-13(9-10,12(14)15)11-6-4-3-5-7-11/h3-7,10H,2,8-9H2,1H3,(H,14,15). The second kappa shape index (κ2) is 3.69. The molecular formula is C13H16O2. The summed E-state index contributed by atoms with van der Waals surface area (Å²) in [5.41, 5.74) is 0.365. The van der Waals surface area contributed by atoms with Gasteiger partial charge < -0.3 is 5.11 Å². The fourth-order valence-electron chi connectivity index (χ4n) is 2.51.